The zero-order valence-electron chi connectivity index (χ0n) is 13.0. The smallest absolute Gasteiger partial charge is 0.315 e. The first-order valence-electron chi connectivity index (χ1n) is 7.87. The molecule has 0 saturated carbocycles. The molecule has 116 valence electrons. The van der Waals surface area contributed by atoms with Gasteiger partial charge in [0.25, 0.3) is 0 Å². The van der Waals surface area contributed by atoms with Gasteiger partial charge in [-0.2, -0.15) is 0 Å². The molecule has 2 N–H and O–H groups in total. The van der Waals surface area contributed by atoms with E-state index < -0.39 is 0 Å². The molecule has 1 fully saturated rings. The van der Waals surface area contributed by atoms with Gasteiger partial charge in [0.1, 0.15) is 0 Å². The molecule has 0 aromatic heterocycles. The van der Waals surface area contributed by atoms with Crippen molar-refractivity contribution in [2.45, 2.75) is 57.7 Å². The van der Waals surface area contributed by atoms with Gasteiger partial charge in [-0.3, -0.25) is 0 Å². The van der Waals surface area contributed by atoms with Gasteiger partial charge in [0.05, 0.1) is 12.1 Å². The number of hydrogen-bond donors (Lipinski definition) is 2. The first kappa shape index (κ1) is 15.8. The quantitative estimate of drug-likeness (QED) is 0.846. The Morgan fingerprint density at radius 3 is 2.71 bits per heavy atom. The molecule has 0 bridgehead atoms. The molecule has 3 unspecified atom stereocenters. The summed E-state index contributed by atoms with van der Waals surface area (Å²) in [5.41, 5.74) is 1.30. The maximum Gasteiger partial charge on any atom is 0.315 e. The average molecular weight is 290 g/mol. The van der Waals surface area contributed by atoms with Gasteiger partial charge in [-0.15, -0.1) is 0 Å². The Bertz CT molecular complexity index is 430. The number of carbonyl (C=O) groups excluding carboxylic acids is 1. The van der Waals surface area contributed by atoms with Crippen molar-refractivity contribution in [3.8, 4) is 0 Å². The van der Waals surface area contributed by atoms with E-state index in [-0.39, 0.29) is 24.2 Å². The molecule has 4 heteroatoms. The highest BCUT2D eigenvalue weighted by Gasteiger charge is 2.23. The molecule has 1 aliphatic rings. The Hall–Kier alpha value is -1.55. The van der Waals surface area contributed by atoms with E-state index in [1.165, 1.54) is 5.56 Å². The van der Waals surface area contributed by atoms with Crippen LogP contribution in [0.15, 0.2) is 30.3 Å². The highest BCUT2D eigenvalue weighted by molar-refractivity contribution is 5.74. The van der Waals surface area contributed by atoms with Crippen LogP contribution in [0.2, 0.25) is 0 Å². The normalized spacial score (nSPS) is 20.8. The molecule has 1 aliphatic heterocycles. The minimum absolute atomic E-state index is 0.0637. The van der Waals surface area contributed by atoms with Crippen molar-refractivity contribution in [2.24, 2.45) is 0 Å². The van der Waals surface area contributed by atoms with Crippen molar-refractivity contribution >= 4 is 6.03 Å². The van der Waals surface area contributed by atoms with E-state index in [1.54, 1.807) is 0 Å². The van der Waals surface area contributed by atoms with E-state index in [0.29, 0.717) is 0 Å². The van der Waals surface area contributed by atoms with Crippen LogP contribution in [0.4, 0.5) is 4.79 Å². The van der Waals surface area contributed by atoms with E-state index in [2.05, 4.69) is 22.8 Å². The lowest BCUT2D eigenvalue weighted by Gasteiger charge is -2.22. The second-order valence-electron chi connectivity index (χ2n) is 5.88. The van der Waals surface area contributed by atoms with Crippen LogP contribution in [0.25, 0.3) is 0 Å². The van der Waals surface area contributed by atoms with E-state index in [9.17, 15) is 4.79 Å². The zero-order chi connectivity index (χ0) is 15.1. The van der Waals surface area contributed by atoms with Gasteiger partial charge in [-0.25, -0.2) is 4.79 Å². The first-order chi connectivity index (χ1) is 10.1. The van der Waals surface area contributed by atoms with Gasteiger partial charge in [-0.05, 0) is 45.1 Å². The van der Waals surface area contributed by atoms with Crippen LogP contribution in [0.3, 0.4) is 0 Å². The molecular weight excluding hydrogens is 264 g/mol. The largest absolute Gasteiger partial charge is 0.376 e. The molecule has 0 spiro atoms. The Kier molecular flexibility index (Phi) is 6.05. The van der Waals surface area contributed by atoms with Gasteiger partial charge in [-0.1, -0.05) is 30.3 Å². The van der Waals surface area contributed by atoms with Crippen molar-refractivity contribution in [3.63, 3.8) is 0 Å². The SMILES string of the molecule is CC(CCc1ccccc1)NC(=O)NC(C)C1CCCO1. The highest BCUT2D eigenvalue weighted by Crippen LogP contribution is 2.15. The van der Waals surface area contributed by atoms with E-state index >= 15 is 0 Å². The van der Waals surface area contributed by atoms with Crippen LogP contribution >= 0.6 is 0 Å². The maximum atomic E-state index is 12.0. The molecule has 1 aromatic rings. The summed E-state index contributed by atoms with van der Waals surface area (Å²) >= 11 is 0. The minimum Gasteiger partial charge on any atom is -0.376 e. The molecule has 1 aromatic carbocycles. The zero-order valence-corrected chi connectivity index (χ0v) is 13.0. The molecule has 2 amide bonds. The number of nitrogens with one attached hydrogen (secondary N) is 2. The van der Waals surface area contributed by atoms with Crippen LogP contribution < -0.4 is 10.6 Å². The number of aryl methyl sites for hydroxylation is 1. The molecule has 0 aliphatic carbocycles. The summed E-state index contributed by atoms with van der Waals surface area (Å²) in [5.74, 6) is 0. The lowest BCUT2D eigenvalue weighted by molar-refractivity contribution is 0.0858. The van der Waals surface area contributed by atoms with Gasteiger partial charge in [0.15, 0.2) is 0 Å². The summed E-state index contributed by atoms with van der Waals surface area (Å²) in [7, 11) is 0. The Morgan fingerprint density at radius 2 is 2.05 bits per heavy atom. The van der Waals surface area contributed by atoms with Crippen LogP contribution in [-0.4, -0.2) is 30.8 Å². The number of urea groups is 1. The molecule has 21 heavy (non-hydrogen) atoms. The van der Waals surface area contributed by atoms with Crippen molar-refractivity contribution in [2.75, 3.05) is 6.61 Å². The third-order valence-corrected chi connectivity index (χ3v) is 3.97. The Labute approximate surface area is 127 Å². The summed E-state index contributed by atoms with van der Waals surface area (Å²) in [6.45, 7) is 4.86. The third kappa shape index (κ3) is 5.38. The molecule has 1 heterocycles. The summed E-state index contributed by atoms with van der Waals surface area (Å²) < 4.78 is 5.58. The van der Waals surface area contributed by atoms with Crippen LogP contribution in [0.5, 0.6) is 0 Å². The van der Waals surface area contributed by atoms with Crippen LogP contribution in [-0.2, 0) is 11.2 Å². The molecule has 0 radical (unpaired) electrons. The number of carbonyl (C=O) groups is 1. The second-order valence-corrected chi connectivity index (χ2v) is 5.88. The number of benzene rings is 1. The van der Waals surface area contributed by atoms with Crippen LogP contribution in [0.1, 0.15) is 38.7 Å². The third-order valence-electron chi connectivity index (χ3n) is 3.97. The molecule has 4 nitrogen and oxygen atoms in total. The van der Waals surface area contributed by atoms with Gasteiger partial charge < -0.3 is 15.4 Å². The predicted molar refractivity (Wildman–Crippen MR) is 84.3 cm³/mol. The standard InChI is InChI=1S/C17H26N2O2/c1-13(10-11-15-7-4-3-5-8-15)18-17(20)19-14(2)16-9-6-12-21-16/h3-5,7-8,13-14,16H,6,9-12H2,1-2H3,(H2,18,19,20). The van der Waals surface area contributed by atoms with E-state index in [4.69, 9.17) is 4.74 Å². The maximum absolute atomic E-state index is 12.0. The van der Waals surface area contributed by atoms with E-state index in [0.717, 1.165) is 32.3 Å². The first-order valence-corrected chi connectivity index (χ1v) is 7.87. The fourth-order valence-corrected chi connectivity index (χ4v) is 2.66. The molecule has 2 rings (SSSR count). The minimum atomic E-state index is -0.0986. The summed E-state index contributed by atoms with van der Waals surface area (Å²) in [6.07, 6.45) is 4.20. The topological polar surface area (TPSA) is 50.4 Å². The molecule has 3 atom stereocenters. The van der Waals surface area contributed by atoms with Crippen molar-refractivity contribution in [1.82, 2.24) is 10.6 Å². The molecule has 1 saturated heterocycles. The fraction of sp³-hybridized carbons (Fsp3) is 0.588. The van der Waals surface area contributed by atoms with Crippen molar-refractivity contribution in [3.05, 3.63) is 35.9 Å². The van der Waals surface area contributed by atoms with Gasteiger partial charge >= 0.3 is 6.03 Å². The number of rotatable bonds is 6. The monoisotopic (exact) mass is 290 g/mol. The highest BCUT2D eigenvalue weighted by atomic mass is 16.5. The Balaban J connectivity index is 1.67. The number of amides is 2. The fourth-order valence-electron chi connectivity index (χ4n) is 2.66. The summed E-state index contributed by atoms with van der Waals surface area (Å²) in [6, 6.07) is 10.5. The average Bonchev–Trinajstić information content (AvgIpc) is 3.00. The number of ether oxygens (including phenoxy) is 1. The lowest BCUT2D eigenvalue weighted by Crippen LogP contribution is -2.48. The second kappa shape index (κ2) is 8.03. The Morgan fingerprint density at radius 1 is 1.29 bits per heavy atom. The number of hydrogen-bond acceptors (Lipinski definition) is 2. The summed E-state index contributed by atoms with van der Waals surface area (Å²) in [4.78, 5) is 12.0. The predicted octanol–water partition coefficient (Wildman–Crippen LogP) is 2.87. The van der Waals surface area contributed by atoms with Crippen LogP contribution in [0, 0.1) is 0 Å². The van der Waals surface area contributed by atoms with Gasteiger partial charge in [0.2, 0.25) is 0 Å². The van der Waals surface area contributed by atoms with Crippen molar-refractivity contribution < 1.29 is 9.53 Å². The van der Waals surface area contributed by atoms with E-state index in [1.807, 2.05) is 32.0 Å². The lowest BCUT2D eigenvalue weighted by atomic mass is 10.1. The molecular formula is C17H26N2O2. The van der Waals surface area contributed by atoms with Gasteiger partial charge in [0, 0.05) is 12.6 Å². The summed E-state index contributed by atoms with van der Waals surface area (Å²) in [5, 5.41) is 5.97. The van der Waals surface area contributed by atoms with Crippen molar-refractivity contribution in [1.29, 1.82) is 0 Å².